The maximum absolute atomic E-state index is 13.4. The van der Waals surface area contributed by atoms with Gasteiger partial charge in [0, 0.05) is 28.3 Å². The number of fused-ring (bicyclic) bond motifs is 1. The molecule has 33 heavy (non-hydrogen) atoms. The van der Waals surface area contributed by atoms with Gasteiger partial charge in [-0.25, -0.2) is 9.78 Å². The van der Waals surface area contributed by atoms with Crippen LogP contribution in [0.15, 0.2) is 35.8 Å². The van der Waals surface area contributed by atoms with E-state index in [2.05, 4.69) is 9.71 Å². The highest BCUT2D eigenvalue weighted by Gasteiger charge is 2.31. The van der Waals surface area contributed by atoms with Crippen molar-refractivity contribution in [2.75, 3.05) is 0 Å². The van der Waals surface area contributed by atoms with Crippen LogP contribution in [0.5, 0.6) is 0 Å². The first-order valence-corrected chi connectivity index (χ1v) is 12.9. The summed E-state index contributed by atoms with van der Waals surface area (Å²) in [7, 11) is 0. The number of benzene rings is 1. The fourth-order valence-corrected chi connectivity index (χ4v) is 4.87. The molecule has 0 bridgehead atoms. The van der Waals surface area contributed by atoms with Crippen molar-refractivity contribution < 1.29 is 18.9 Å². The van der Waals surface area contributed by atoms with Crippen molar-refractivity contribution in [1.82, 2.24) is 14.3 Å². The van der Waals surface area contributed by atoms with Crippen LogP contribution >= 0.6 is 11.3 Å². The van der Waals surface area contributed by atoms with Crippen molar-refractivity contribution in [2.24, 2.45) is 0 Å². The molecule has 0 amide bonds. The third-order valence-electron chi connectivity index (χ3n) is 4.83. The average molecular weight is 490 g/mol. The number of nitrogens with one attached hydrogen (secondary N) is 1. The zero-order valence-electron chi connectivity index (χ0n) is 20.1. The molecule has 0 saturated heterocycles. The fourth-order valence-electron chi connectivity index (χ4n) is 3.15. The molecule has 0 aliphatic carbocycles. The van der Waals surface area contributed by atoms with Crippen LogP contribution in [0.1, 0.15) is 82.0 Å². The van der Waals surface area contributed by atoms with Crippen LogP contribution in [0.2, 0.25) is 0 Å². The van der Waals surface area contributed by atoms with Gasteiger partial charge >= 0.3 is 6.09 Å². The van der Waals surface area contributed by atoms with E-state index in [9.17, 15) is 14.1 Å². The van der Waals surface area contributed by atoms with Gasteiger partial charge in [0.15, 0.2) is 5.01 Å². The summed E-state index contributed by atoms with van der Waals surface area (Å²) in [6.45, 7) is 13.1. The topological polar surface area (TPSA) is 96.3 Å². The highest BCUT2D eigenvalue weighted by atomic mass is 32.2. The van der Waals surface area contributed by atoms with Gasteiger partial charge in [-0.05, 0) is 54.0 Å². The Labute approximate surface area is 201 Å². The van der Waals surface area contributed by atoms with Crippen LogP contribution < -0.4 is 4.72 Å². The fraction of sp³-hybridized carbons (Fsp3) is 0.458. The molecule has 3 rings (SSSR count). The van der Waals surface area contributed by atoms with Crippen LogP contribution in [0.25, 0.3) is 10.9 Å². The minimum absolute atomic E-state index is 0.231. The molecule has 0 radical (unpaired) electrons. The van der Waals surface area contributed by atoms with Gasteiger partial charge < -0.3 is 9.29 Å². The number of rotatable bonds is 6. The molecule has 2 heterocycles. The summed E-state index contributed by atoms with van der Waals surface area (Å²) < 4.78 is 22.1. The van der Waals surface area contributed by atoms with Gasteiger partial charge in [-0.15, -0.1) is 16.1 Å². The van der Waals surface area contributed by atoms with E-state index in [1.807, 2.05) is 45.2 Å². The number of ketones is 1. The summed E-state index contributed by atoms with van der Waals surface area (Å²) >= 11 is -0.0174. The van der Waals surface area contributed by atoms with E-state index in [0.29, 0.717) is 33.6 Å². The molecule has 7 nitrogen and oxygen atoms in total. The monoisotopic (exact) mass is 489 g/mol. The molecule has 0 spiro atoms. The van der Waals surface area contributed by atoms with Crippen LogP contribution in [0.4, 0.5) is 4.79 Å². The Kier molecular flexibility index (Phi) is 7.38. The zero-order chi connectivity index (χ0) is 24.6. The number of carbonyl (C=O) groups is 2. The van der Waals surface area contributed by atoms with Crippen molar-refractivity contribution in [1.29, 1.82) is 0 Å². The van der Waals surface area contributed by atoms with Gasteiger partial charge in [0.1, 0.15) is 10.3 Å². The minimum atomic E-state index is -1.26. The number of hydrogen-bond donors (Lipinski definition) is 1. The number of ether oxygens (including phenoxy) is 1. The quantitative estimate of drug-likeness (QED) is 0.357. The molecular weight excluding hydrogens is 458 g/mol. The zero-order valence-corrected chi connectivity index (χ0v) is 21.7. The first kappa shape index (κ1) is 25.4. The summed E-state index contributed by atoms with van der Waals surface area (Å²) in [6.07, 6.45) is 1.65. The van der Waals surface area contributed by atoms with Gasteiger partial charge in [0.05, 0.1) is 22.8 Å². The van der Waals surface area contributed by atoms with Crippen molar-refractivity contribution >= 4 is 45.5 Å². The summed E-state index contributed by atoms with van der Waals surface area (Å²) in [5, 5.41) is 2.80. The lowest BCUT2D eigenvalue weighted by Gasteiger charge is -2.26. The smallest absolute Gasteiger partial charge is 0.419 e. The number of hydrogen-bond acceptors (Lipinski definition) is 7. The molecule has 0 fully saturated rings. The molecule has 3 aromatic rings. The van der Waals surface area contributed by atoms with Gasteiger partial charge in [-0.2, -0.15) is 0 Å². The summed E-state index contributed by atoms with van der Waals surface area (Å²) in [4.78, 5) is 30.7. The second-order valence-electron chi connectivity index (χ2n) is 9.78. The Balaban J connectivity index is 1.93. The summed E-state index contributed by atoms with van der Waals surface area (Å²) in [5.41, 5.74) is 1.00. The van der Waals surface area contributed by atoms with Gasteiger partial charge in [-0.3, -0.25) is 9.36 Å². The van der Waals surface area contributed by atoms with Crippen molar-refractivity contribution in [3.63, 3.8) is 0 Å². The number of carbonyl (C=O) groups excluding carboxylic acids is 2. The molecule has 178 valence electrons. The third kappa shape index (κ3) is 5.84. The highest BCUT2D eigenvalue weighted by molar-refractivity contribution is 7.90. The maximum atomic E-state index is 13.4. The number of nitrogens with zero attached hydrogens (tertiary/aromatic N) is 2. The normalized spacial score (nSPS) is 14.3. The van der Waals surface area contributed by atoms with Crippen molar-refractivity contribution in [3.8, 4) is 0 Å². The van der Waals surface area contributed by atoms with Crippen LogP contribution in [-0.4, -0.2) is 36.3 Å². The minimum Gasteiger partial charge on any atom is -0.598 e. The molecule has 1 N–H and O–H groups in total. The van der Waals surface area contributed by atoms with Crippen molar-refractivity contribution in [3.05, 3.63) is 52.1 Å². The van der Waals surface area contributed by atoms with Crippen molar-refractivity contribution in [2.45, 2.75) is 71.3 Å². The lowest BCUT2D eigenvalue weighted by atomic mass is 10.1. The van der Waals surface area contributed by atoms with E-state index in [0.717, 1.165) is 0 Å². The average Bonchev–Trinajstić information content (AvgIpc) is 3.35. The molecule has 0 aliphatic rings. The first-order valence-electron chi connectivity index (χ1n) is 10.8. The van der Waals surface area contributed by atoms with E-state index in [1.54, 1.807) is 32.9 Å². The Morgan fingerprint density at radius 3 is 2.48 bits per heavy atom. The summed E-state index contributed by atoms with van der Waals surface area (Å²) in [6, 6.07) is 6.99. The van der Waals surface area contributed by atoms with Crippen LogP contribution in [-0.2, 0) is 16.1 Å². The lowest BCUT2D eigenvalue weighted by Crippen LogP contribution is -2.41. The summed E-state index contributed by atoms with van der Waals surface area (Å²) in [5.74, 6) is -0.267. The first-order chi connectivity index (χ1) is 15.3. The second-order valence-corrected chi connectivity index (χ2v) is 12.6. The maximum Gasteiger partial charge on any atom is 0.419 e. The van der Waals surface area contributed by atoms with E-state index in [4.69, 9.17) is 4.74 Å². The highest BCUT2D eigenvalue weighted by Crippen LogP contribution is 2.28. The Morgan fingerprint density at radius 2 is 1.88 bits per heavy atom. The number of thiazole rings is 1. The molecule has 0 saturated carbocycles. The molecular formula is C24H31N3O4S2. The molecule has 9 heteroatoms. The predicted octanol–water partition coefficient (Wildman–Crippen LogP) is 5.61. The van der Waals surface area contributed by atoms with E-state index in [-0.39, 0.29) is 11.8 Å². The standard InChI is InChI=1S/C24H31N3O4S2/c1-8-17(26-33(30)24(5,6)7)18-14-32-21(25-18)20(28)16-13-27(22(29)31-23(2,3)4)19-12-10-9-11-15(16)19/h9-14,17,26H,8H2,1-7H3/t17-,33-/m0/s1. The van der Waals surface area contributed by atoms with Gasteiger partial charge in [0.25, 0.3) is 0 Å². The SMILES string of the molecule is CC[C@H](N[S@@+]([O-])C(C)(C)C)c1csc(C(=O)c2cn(C(=O)OC(C)(C)C)c3ccccc23)n1. The molecule has 1 aromatic carbocycles. The van der Waals surface area contributed by atoms with Gasteiger partial charge in [0.2, 0.25) is 5.78 Å². The van der Waals surface area contributed by atoms with E-state index < -0.39 is 27.8 Å². The molecule has 0 unspecified atom stereocenters. The van der Waals surface area contributed by atoms with Gasteiger partial charge in [-0.1, -0.05) is 25.1 Å². The Bertz CT molecular complexity index is 1150. The van der Waals surface area contributed by atoms with Crippen LogP contribution in [0, 0.1) is 0 Å². The lowest BCUT2D eigenvalue weighted by molar-refractivity contribution is 0.0544. The Morgan fingerprint density at radius 1 is 1.21 bits per heavy atom. The Hall–Kier alpha value is -2.20. The van der Waals surface area contributed by atoms with E-state index >= 15 is 0 Å². The van der Waals surface area contributed by atoms with E-state index in [1.165, 1.54) is 22.1 Å². The molecule has 2 aromatic heterocycles. The molecule has 2 atom stereocenters. The number of aromatic nitrogens is 2. The predicted molar refractivity (Wildman–Crippen MR) is 133 cm³/mol. The van der Waals surface area contributed by atoms with Crippen LogP contribution in [0.3, 0.4) is 0 Å². The largest absolute Gasteiger partial charge is 0.598 e. The molecule has 0 aliphatic heterocycles. The third-order valence-corrected chi connectivity index (χ3v) is 7.30. The number of para-hydroxylation sites is 1. The second kappa shape index (κ2) is 9.58.